The Morgan fingerprint density at radius 3 is 2.37 bits per heavy atom. The third-order valence-corrected chi connectivity index (χ3v) is 9.28. The summed E-state index contributed by atoms with van der Waals surface area (Å²) in [4.78, 5) is 40.3. The number of ether oxygens (including phenoxy) is 2. The monoisotopic (exact) mass is 481 g/mol. The van der Waals surface area contributed by atoms with Crippen molar-refractivity contribution >= 4 is 17.8 Å². The topological polar surface area (TPSA) is 97.0 Å². The molecule has 2 N–H and O–H groups in total. The molecule has 7 rings (SSSR count). The minimum atomic E-state index is -1.27. The standard InChI is InChI=1S/C27H35N3O5/c1-16(27-12-17-8-18(13-27)10-19(9-17)14-27)28-23(31)15-30-24(32)26(2,29-25(30)33)20-4-5-21-22(11-20)35-7-3-6-34-21/h4-5,11,16-19H,3,6-10,12-15H2,1-2H3,(H,28,31)(H,29,33). The maximum absolute atomic E-state index is 13.4. The number of imide groups is 1. The number of urea groups is 1. The molecular formula is C27H35N3O5. The summed E-state index contributed by atoms with van der Waals surface area (Å²) in [5.74, 6) is 2.85. The van der Waals surface area contributed by atoms with Crippen LogP contribution in [0.4, 0.5) is 4.79 Å². The lowest BCUT2D eigenvalue weighted by Crippen LogP contribution is -2.57. The van der Waals surface area contributed by atoms with Crippen LogP contribution in [0.1, 0.15) is 64.4 Å². The van der Waals surface area contributed by atoms with Gasteiger partial charge < -0.3 is 20.1 Å². The number of nitrogens with one attached hydrogen (secondary N) is 2. The largest absolute Gasteiger partial charge is 0.490 e. The summed E-state index contributed by atoms with van der Waals surface area (Å²) in [6.07, 6.45) is 8.38. The normalized spacial score (nSPS) is 36.1. The van der Waals surface area contributed by atoms with E-state index in [0.29, 0.717) is 30.3 Å². The highest BCUT2D eigenvalue weighted by Crippen LogP contribution is 2.61. The molecule has 1 saturated heterocycles. The fourth-order valence-corrected chi connectivity index (χ4v) is 7.80. The summed E-state index contributed by atoms with van der Waals surface area (Å²) in [6.45, 7) is 4.61. The van der Waals surface area contributed by atoms with Crippen molar-refractivity contribution in [3.05, 3.63) is 23.8 Å². The predicted octanol–water partition coefficient (Wildman–Crippen LogP) is 3.34. The van der Waals surface area contributed by atoms with E-state index in [0.717, 1.165) is 29.1 Å². The van der Waals surface area contributed by atoms with Gasteiger partial charge in [-0.15, -0.1) is 0 Å². The molecule has 1 aromatic rings. The first-order valence-electron chi connectivity index (χ1n) is 13.1. The number of carbonyl (C=O) groups is 3. The van der Waals surface area contributed by atoms with Gasteiger partial charge in [0.2, 0.25) is 5.91 Å². The molecule has 4 aliphatic carbocycles. The quantitative estimate of drug-likeness (QED) is 0.629. The predicted molar refractivity (Wildman–Crippen MR) is 128 cm³/mol. The second kappa shape index (κ2) is 8.14. The fourth-order valence-electron chi connectivity index (χ4n) is 7.80. The average Bonchev–Trinajstić information content (AvgIpc) is 2.97. The molecule has 8 heteroatoms. The molecule has 0 spiro atoms. The zero-order chi connectivity index (χ0) is 24.4. The van der Waals surface area contributed by atoms with Gasteiger partial charge in [0.15, 0.2) is 11.5 Å². The Labute approximate surface area is 206 Å². The summed E-state index contributed by atoms with van der Waals surface area (Å²) in [6, 6.07) is 4.77. The number of hydrogen-bond acceptors (Lipinski definition) is 5. The van der Waals surface area contributed by atoms with Gasteiger partial charge in [0.25, 0.3) is 5.91 Å². The van der Waals surface area contributed by atoms with E-state index in [1.54, 1.807) is 25.1 Å². The smallest absolute Gasteiger partial charge is 0.325 e. The molecule has 8 nitrogen and oxygen atoms in total. The van der Waals surface area contributed by atoms with Gasteiger partial charge >= 0.3 is 6.03 Å². The second-order valence-corrected chi connectivity index (χ2v) is 11.7. The number of carbonyl (C=O) groups excluding carboxylic acids is 3. The van der Waals surface area contributed by atoms with Crippen molar-refractivity contribution in [2.75, 3.05) is 19.8 Å². The molecule has 2 unspecified atom stereocenters. The molecular weight excluding hydrogens is 446 g/mol. The van der Waals surface area contributed by atoms with Gasteiger partial charge in [0, 0.05) is 12.5 Å². The van der Waals surface area contributed by atoms with Crippen molar-refractivity contribution < 1.29 is 23.9 Å². The first-order valence-corrected chi connectivity index (χ1v) is 13.1. The Morgan fingerprint density at radius 1 is 1.09 bits per heavy atom. The van der Waals surface area contributed by atoms with Crippen LogP contribution < -0.4 is 20.1 Å². The SMILES string of the molecule is CC(NC(=O)CN1C(=O)NC(C)(c2ccc3c(c2)OCCCO3)C1=O)C12CC3CC(CC(C3)C1)C2. The zero-order valence-corrected chi connectivity index (χ0v) is 20.6. The highest BCUT2D eigenvalue weighted by atomic mass is 16.5. The van der Waals surface area contributed by atoms with E-state index in [2.05, 4.69) is 17.6 Å². The molecule has 4 bridgehead atoms. The van der Waals surface area contributed by atoms with Crippen LogP contribution in [0.3, 0.4) is 0 Å². The van der Waals surface area contributed by atoms with Gasteiger partial charge in [-0.2, -0.15) is 0 Å². The van der Waals surface area contributed by atoms with E-state index in [1.165, 1.54) is 38.5 Å². The highest BCUT2D eigenvalue weighted by molar-refractivity contribution is 6.09. The third kappa shape index (κ3) is 3.76. The lowest BCUT2D eigenvalue weighted by Gasteiger charge is -2.59. The molecule has 2 aliphatic heterocycles. The first-order chi connectivity index (χ1) is 16.8. The lowest BCUT2D eigenvalue weighted by molar-refractivity contribution is -0.136. The third-order valence-electron chi connectivity index (χ3n) is 9.28. The Kier molecular flexibility index (Phi) is 5.27. The molecule has 4 saturated carbocycles. The minimum Gasteiger partial charge on any atom is -0.490 e. The van der Waals surface area contributed by atoms with Gasteiger partial charge in [-0.05, 0) is 93.2 Å². The highest BCUT2D eigenvalue weighted by Gasteiger charge is 2.54. The second-order valence-electron chi connectivity index (χ2n) is 11.7. The molecule has 2 atom stereocenters. The maximum Gasteiger partial charge on any atom is 0.325 e. The van der Waals surface area contributed by atoms with Crippen molar-refractivity contribution in [3.8, 4) is 11.5 Å². The molecule has 4 amide bonds. The van der Waals surface area contributed by atoms with Crippen LogP contribution in [0.5, 0.6) is 11.5 Å². The average molecular weight is 482 g/mol. The van der Waals surface area contributed by atoms with Crippen LogP contribution in [0.25, 0.3) is 0 Å². The van der Waals surface area contributed by atoms with Crippen molar-refractivity contribution in [1.29, 1.82) is 0 Å². The lowest BCUT2D eigenvalue weighted by atomic mass is 9.48. The zero-order valence-electron chi connectivity index (χ0n) is 20.6. The fraction of sp³-hybridized carbons (Fsp3) is 0.667. The Hall–Kier alpha value is -2.77. The molecule has 5 fully saturated rings. The molecule has 0 radical (unpaired) electrons. The number of rotatable bonds is 5. The first kappa shape index (κ1) is 22.7. The summed E-state index contributed by atoms with van der Waals surface area (Å²) < 4.78 is 11.4. The van der Waals surface area contributed by atoms with Crippen molar-refractivity contribution in [2.24, 2.45) is 23.2 Å². The Bertz CT molecular complexity index is 1040. The van der Waals surface area contributed by atoms with Gasteiger partial charge in [-0.1, -0.05) is 6.07 Å². The van der Waals surface area contributed by atoms with Gasteiger partial charge in [0.05, 0.1) is 13.2 Å². The van der Waals surface area contributed by atoms with E-state index in [1.807, 2.05) is 0 Å². The number of amides is 4. The number of fused-ring (bicyclic) bond motifs is 1. The van der Waals surface area contributed by atoms with E-state index < -0.39 is 17.5 Å². The van der Waals surface area contributed by atoms with Crippen LogP contribution in [-0.2, 0) is 15.1 Å². The Balaban J connectivity index is 1.14. The number of nitrogens with zero attached hydrogens (tertiary/aromatic N) is 1. The van der Waals surface area contributed by atoms with Crippen LogP contribution in [0.2, 0.25) is 0 Å². The maximum atomic E-state index is 13.4. The molecule has 0 aromatic heterocycles. The van der Waals surface area contributed by atoms with E-state index in [4.69, 9.17) is 9.47 Å². The van der Waals surface area contributed by atoms with Crippen molar-refractivity contribution in [1.82, 2.24) is 15.5 Å². The van der Waals surface area contributed by atoms with Gasteiger partial charge in [0.1, 0.15) is 12.1 Å². The van der Waals surface area contributed by atoms with Crippen LogP contribution in [0, 0.1) is 23.2 Å². The summed E-state index contributed by atoms with van der Waals surface area (Å²) in [5.41, 5.74) is -0.502. The summed E-state index contributed by atoms with van der Waals surface area (Å²) >= 11 is 0. The van der Waals surface area contributed by atoms with Crippen molar-refractivity contribution in [3.63, 3.8) is 0 Å². The molecule has 1 aromatic carbocycles. The molecule has 35 heavy (non-hydrogen) atoms. The molecule has 2 heterocycles. The summed E-state index contributed by atoms with van der Waals surface area (Å²) in [7, 11) is 0. The van der Waals surface area contributed by atoms with E-state index in [9.17, 15) is 14.4 Å². The van der Waals surface area contributed by atoms with Crippen LogP contribution in [0.15, 0.2) is 18.2 Å². The minimum absolute atomic E-state index is 0.0391. The van der Waals surface area contributed by atoms with Crippen LogP contribution >= 0.6 is 0 Å². The number of hydrogen-bond donors (Lipinski definition) is 2. The number of benzene rings is 1. The summed E-state index contributed by atoms with van der Waals surface area (Å²) in [5, 5.41) is 5.97. The van der Waals surface area contributed by atoms with Crippen molar-refractivity contribution in [2.45, 2.75) is 70.4 Å². The molecule has 188 valence electrons. The van der Waals surface area contributed by atoms with Crippen LogP contribution in [-0.4, -0.2) is 48.5 Å². The molecule has 6 aliphatic rings. The van der Waals surface area contributed by atoms with Gasteiger partial charge in [-0.25, -0.2) is 4.79 Å². The van der Waals surface area contributed by atoms with E-state index >= 15 is 0 Å². The van der Waals surface area contributed by atoms with Gasteiger partial charge in [-0.3, -0.25) is 14.5 Å². The Morgan fingerprint density at radius 2 is 1.71 bits per heavy atom. The van der Waals surface area contributed by atoms with E-state index in [-0.39, 0.29) is 23.9 Å².